The predicted octanol–water partition coefficient (Wildman–Crippen LogP) is 2.38. The topological polar surface area (TPSA) is 41.5 Å². The molecule has 3 nitrogen and oxygen atoms in total. The highest BCUT2D eigenvalue weighted by Crippen LogP contribution is 2.14. The van der Waals surface area contributed by atoms with Gasteiger partial charge in [-0.25, -0.2) is 0 Å². The molecule has 102 valence electrons. The molecule has 0 aliphatic heterocycles. The maximum atomic E-state index is 8.95. The Kier molecular flexibility index (Phi) is 7.46. The van der Waals surface area contributed by atoms with E-state index < -0.39 is 0 Å². The second-order valence-corrected chi connectivity index (χ2v) is 4.55. The van der Waals surface area contributed by atoms with Crippen LogP contribution in [0.25, 0.3) is 0 Å². The van der Waals surface area contributed by atoms with Gasteiger partial charge in [-0.2, -0.15) is 0 Å². The molecule has 0 heterocycles. The molecule has 0 bridgehead atoms. The molecule has 0 unspecified atom stereocenters. The summed E-state index contributed by atoms with van der Waals surface area (Å²) in [6.45, 7) is 3.18. The number of benzene rings is 1. The normalized spacial score (nSPS) is 12.4. The summed E-state index contributed by atoms with van der Waals surface area (Å²) < 4.78 is 5.62. The van der Waals surface area contributed by atoms with Gasteiger partial charge in [0, 0.05) is 12.6 Å². The monoisotopic (exact) mass is 251 g/mol. The molecule has 0 spiro atoms. The zero-order chi connectivity index (χ0) is 13.2. The molecule has 0 fully saturated rings. The zero-order valence-corrected chi connectivity index (χ0v) is 11.5. The summed E-state index contributed by atoms with van der Waals surface area (Å²) in [4.78, 5) is 0. The number of aliphatic hydroxyl groups is 1. The molecule has 18 heavy (non-hydrogen) atoms. The minimum atomic E-state index is 0.226. The Hall–Kier alpha value is -1.06. The van der Waals surface area contributed by atoms with Gasteiger partial charge in [-0.3, -0.25) is 0 Å². The molecule has 1 aromatic rings. The summed E-state index contributed by atoms with van der Waals surface area (Å²) in [7, 11) is 1.93. The lowest BCUT2D eigenvalue weighted by atomic mass is 10.0. The Labute approximate surface area is 110 Å². The highest BCUT2D eigenvalue weighted by atomic mass is 16.5. The van der Waals surface area contributed by atoms with Gasteiger partial charge in [-0.05, 0) is 44.0 Å². The van der Waals surface area contributed by atoms with Gasteiger partial charge in [-0.1, -0.05) is 25.5 Å². The number of hydrogen-bond acceptors (Lipinski definition) is 3. The van der Waals surface area contributed by atoms with E-state index in [2.05, 4.69) is 24.4 Å². The van der Waals surface area contributed by atoms with Crippen molar-refractivity contribution in [1.82, 2.24) is 5.32 Å². The largest absolute Gasteiger partial charge is 0.494 e. The lowest BCUT2D eigenvalue weighted by Crippen LogP contribution is -2.28. The van der Waals surface area contributed by atoms with Crippen molar-refractivity contribution in [3.05, 3.63) is 29.8 Å². The van der Waals surface area contributed by atoms with Crippen LogP contribution in [0.4, 0.5) is 0 Å². The molecule has 1 rings (SSSR count). The van der Waals surface area contributed by atoms with Crippen LogP contribution in [0.15, 0.2) is 24.3 Å². The fourth-order valence-corrected chi connectivity index (χ4v) is 1.84. The van der Waals surface area contributed by atoms with E-state index in [4.69, 9.17) is 9.84 Å². The van der Waals surface area contributed by atoms with E-state index in [1.165, 1.54) is 5.56 Å². The maximum absolute atomic E-state index is 8.95. The molecule has 0 aliphatic carbocycles. The number of likely N-dealkylation sites (N-methyl/N-ethyl adjacent to an activating group) is 1. The third-order valence-corrected chi connectivity index (χ3v) is 3.06. The zero-order valence-electron chi connectivity index (χ0n) is 11.5. The molecule has 0 aliphatic rings. The minimum Gasteiger partial charge on any atom is -0.494 e. The van der Waals surface area contributed by atoms with Crippen LogP contribution in [0.1, 0.15) is 31.7 Å². The van der Waals surface area contributed by atoms with Crippen LogP contribution in [-0.4, -0.2) is 31.4 Å². The molecular weight excluding hydrogens is 226 g/mol. The van der Waals surface area contributed by atoms with Gasteiger partial charge in [0.2, 0.25) is 0 Å². The van der Waals surface area contributed by atoms with Crippen molar-refractivity contribution in [3.8, 4) is 5.75 Å². The van der Waals surface area contributed by atoms with Crippen molar-refractivity contribution in [1.29, 1.82) is 0 Å². The van der Waals surface area contributed by atoms with Gasteiger partial charge in [0.15, 0.2) is 0 Å². The van der Waals surface area contributed by atoms with Gasteiger partial charge in [0.05, 0.1) is 6.61 Å². The molecule has 1 atom stereocenters. The Morgan fingerprint density at radius 3 is 2.56 bits per heavy atom. The summed E-state index contributed by atoms with van der Waals surface area (Å²) in [6, 6.07) is 8.58. The fraction of sp³-hybridized carbons (Fsp3) is 0.600. The van der Waals surface area contributed by atoms with Crippen LogP contribution >= 0.6 is 0 Å². The average Bonchev–Trinajstić information content (AvgIpc) is 2.40. The first kappa shape index (κ1) is 15.0. The predicted molar refractivity (Wildman–Crippen MR) is 75.1 cm³/mol. The molecule has 1 aromatic carbocycles. The first-order valence-electron chi connectivity index (χ1n) is 6.80. The van der Waals surface area contributed by atoms with Crippen molar-refractivity contribution in [3.63, 3.8) is 0 Å². The maximum Gasteiger partial charge on any atom is 0.119 e. The van der Waals surface area contributed by atoms with E-state index in [-0.39, 0.29) is 6.61 Å². The molecule has 0 aromatic heterocycles. The number of unbranched alkanes of at least 4 members (excludes halogenated alkanes) is 1. The Bertz CT molecular complexity index is 311. The van der Waals surface area contributed by atoms with E-state index in [1.807, 2.05) is 19.2 Å². The Morgan fingerprint density at radius 1 is 1.28 bits per heavy atom. The van der Waals surface area contributed by atoms with Crippen LogP contribution in [0, 0.1) is 0 Å². The Balaban J connectivity index is 2.43. The lowest BCUT2D eigenvalue weighted by molar-refractivity contribution is 0.267. The van der Waals surface area contributed by atoms with Crippen molar-refractivity contribution in [2.24, 2.45) is 0 Å². The van der Waals surface area contributed by atoms with Crippen LogP contribution in [0.3, 0.4) is 0 Å². The second kappa shape index (κ2) is 8.95. The van der Waals surface area contributed by atoms with Crippen LogP contribution in [0.2, 0.25) is 0 Å². The average molecular weight is 251 g/mol. The summed E-state index contributed by atoms with van der Waals surface area (Å²) in [5, 5.41) is 12.2. The first-order valence-corrected chi connectivity index (χ1v) is 6.80. The summed E-state index contributed by atoms with van der Waals surface area (Å²) in [5.74, 6) is 0.940. The molecule has 2 N–H and O–H groups in total. The second-order valence-electron chi connectivity index (χ2n) is 4.55. The molecule has 3 heteroatoms. The third-order valence-electron chi connectivity index (χ3n) is 3.06. The summed E-state index contributed by atoms with van der Waals surface area (Å²) in [5.41, 5.74) is 1.27. The van der Waals surface area contributed by atoms with Gasteiger partial charge in [0.1, 0.15) is 5.75 Å². The molecule has 0 radical (unpaired) electrons. The van der Waals surface area contributed by atoms with Gasteiger partial charge in [0.25, 0.3) is 0 Å². The molecular formula is C15H25NO2. The quantitative estimate of drug-likeness (QED) is 0.662. The van der Waals surface area contributed by atoms with E-state index in [9.17, 15) is 0 Å². The van der Waals surface area contributed by atoms with Crippen molar-refractivity contribution in [2.45, 2.75) is 38.6 Å². The summed E-state index contributed by atoms with van der Waals surface area (Å²) in [6.07, 6.45) is 3.97. The van der Waals surface area contributed by atoms with Crippen LogP contribution in [0.5, 0.6) is 5.75 Å². The summed E-state index contributed by atoms with van der Waals surface area (Å²) >= 11 is 0. The van der Waals surface area contributed by atoms with Gasteiger partial charge < -0.3 is 15.2 Å². The van der Waals surface area contributed by atoms with Gasteiger partial charge in [-0.15, -0.1) is 0 Å². The van der Waals surface area contributed by atoms with E-state index in [0.29, 0.717) is 6.04 Å². The third kappa shape index (κ3) is 5.52. The van der Waals surface area contributed by atoms with Crippen molar-refractivity contribution < 1.29 is 9.84 Å². The molecule has 0 saturated heterocycles. The molecule has 0 amide bonds. The first-order chi connectivity index (χ1) is 8.80. The van der Waals surface area contributed by atoms with E-state index in [1.54, 1.807) is 0 Å². The van der Waals surface area contributed by atoms with Gasteiger partial charge >= 0.3 is 0 Å². The smallest absolute Gasteiger partial charge is 0.119 e. The number of nitrogens with one attached hydrogen (secondary N) is 1. The van der Waals surface area contributed by atoms with Crippen molar-refractivity contribution in [2.75, 3.05) is 20.3 Å². The number of ether oxygens (including phenoxy) is 1. The number of hydrogen-bond donors (Lipinski definition) is 2. The van der Waals surface area contributed by atoms with Crippen LogP contribution in [-0.2, 0) is 6.42 Å². The Morgan fingerprint density at radius 2 is 2.00 bits per heavy atom. The lowest BCUT2D eigenvalue weighted by Gasteiger charge is -2.15. The van der Waals surface area contributed by atoms with Crippen LogP contribution < -0.4 is 10.1 Å². The minimum absolute atomic E-state index is 0.226. The standard InChI is InChI=1S/C15H25NO2/c1-3-4-11-18-15-7-5-13(6-8-15)12-14(16-2)9-10-17/h5-8,14,16-17H,3-4,9-12H2,1-2H3/t14-/m1/s1. The number of rotatable bonds is 9. The van der Waals surface area contributed by atoms with E-state index in [0.717, 1.165) is 38.0 Å². The SMILES string of the molecule is CCCCOc1ccc(C[C@@H](CCO)NC)cc1. The molecule has 0 saturated carbocycles. The van der Waals surface area contributed by atoms with E-state index >= 15 is 0 Å². The van der Waals surface area contributed by atoms with Crippen molar-refractivity contribution >= 4 is 0 Å². The highest BCUT2D eigenvalue weighted by molar-refractivity contribution is 5.27. The highest BCUT2D eigenvalue weighted by Gasteiger charge is 2.06. The number of aliphatic hydroxyl groups excluding tert-OH is 1. The fourth-order valence-electron chi connectivity index (χ4n) is 1.84.